The molecule has 0 amide bonds. The van der Waals surface area contributed by atoms with Gasteiger partial charge in [0.05, 0.1) is 10.4 Å². The number of benzene rings is 11. The zero-order valence-corrected chi connectivity index (χ0v) is 34.7. The normalized spacial score (nSPS) is 11.5. The fraction of sp³-hybridized carbons (Fsp3) is 0. The molecule has 0 fully saturated rings. The third-order valence-electron chi connectivity index (χ3n) is 12.4. The van der Waals surface area contributed by atoms with Gasteiger partial charge in [0.25, 0.3) is 0 Å². The van der Waals surface area contributed by atoms with E-state index in [0.29, 0.717) is 0 Å². The minimum atomic E-state index is 1.11. The molecule has 0 N–H and O–H groups in total. The van der Waals surface area contributed by atoms with E-state index in [-0.39, 0.29) is 0 Å². The second kappa shape index (κ2) is 15.0. The van der Waals surface area contributed by atoms with Crippen LogP contribution in [0, 0.1) is 0 Å². The fourth-order valence-corrected chi connectivity index (χ4v) is 10.4. The number of rotatable bonds is 7. The van der Waals surface area contributed by atoms with Crippen LogP contribution in [0.3, 0.4) is 0 Å². The molecular formula is C60H39NS. The topological polar surface area (TPSA) is 3.24 Å². The van der Waals surface area contributed by atoms with Crippen LogP contribution < -0.4 is 4.90 Å². The first-order chi connectivity index (χ1) is 30.7. The van der Waals surface area contributed by atoms with Gasteiger partial charge >= 0.3 is 0 Å². The van der Waals surface area contributed by atoms with Gasteiger partial charge in [-0.2, -0.15) is 0 Å². The van der Waals surface area contributed by atoms with Crippen molar-refractivity contribution in [3.63, 3.8) is 0 Å². The van der Waals surface area contributed by atoms with E-state index >= 15 is 0 Å². The first kappa shape index (κ1) is 36.1. The quantitative estimate of drug-likeness (QED) is 0.155. The van der Waals surface area contributed by atoms with Gasteiger partial charge in [-0.15, -0.1) is 11.3 Å². The van der Waals surface area contributed by atoms with Crippen LogP contribution in [0.1, 0.15) is 0 Å². The number of hydrogen-bond acceptors (Lipinski definition) is 2. The van der Waals surface area contributed by atoms with Gasteiger partial charge in [0.2, 0.25) is 0 Å². The van der Waals surface area contributed by atoms with E-state index in [2.05, 4.69) is 241 Å². The molecule has 0 saturated heterocycles. The Kier molecular flexibility index (Phi) is 8.76. The van der Waals surface area contributed by atoms with Gasteiger partial charge in [0, 0.05) is 26.8 Å². The van der Waals surface area contributed by atoms with Gasteiger partial charge in [-0.25, -0.2) is 0 Å². The van der Waals surface area contributed by atoms with Crippen molar-refractivity contribution >= 4 is 80.9 Å². The maximum Gasteiger partial charge on any atom is 0.0646 e. The molecule has 0 spiro atoms. The van der Waals surface area contributed by atoms with Gasteiger partial charge in [-0.1, -0.05) is 182 Å². The van der Waals surface area contributed by atoms with E-state index in [0.717, 1.165) is 11.4 Å². The summed E-state index contributed by atoms with van der Waals surface area (Å²) in [5, 5.41) is 10.1. The van der Waals surface area contributed by atoms with E-state index in [1.807, 2.05) is 11.3 Å². The van der Waals surface area contributed by atoms with E-state index in [1.165, 1.54) is 103 Å². The number of nitrogens with zero attached hydrogens (tertiary/aromatic N) is 1. The van der Waals surface area contributed by atoms with Gasteiger partial charge in [0.1, 0.15) is 0 Å². The Bertz CT molecular complexity index is 3600. The lowest BCUT2D eigenvalue weighted by Gasteiger charge is -2.27. The van der Waals surface area contributed by atoms with Crippen LogP contribution in [0.2, 0.25) is 0 Å². The minimum absolute atomic E-state index is 1.11. The van der Waals surface area contributed by atoms with Crippen molar-refractivity contribution in [1.29, 1.82) is 0 Å². The number of anilines is 3. The maximum absolute atomic E-state index is 2.45. The smallest absolute Gasteiger partial charge is 0.0646 e. The average Bonchev–Trinajstić information content (AvgIpc) is 3.75. The number of hydrogen-bond donors (Lipinski definition) is 0. The van der Waals surface area contributed by atoms with Crippen LogP contribution in [0.15, 0.2) is 237 Å². The fourth-order valence-electron chi connectivity index (χ4n) is 9.22. The van der Waals surface area contributed by atoms with Gasteiger partial charge in [-0.05, 0) is 131 Å². The van der Waals surface area contributed by atoms with Crippen LogP contribution in [-0.4, -0.2) is 0 Å². The van der Waals surface area contributed by atoms with Crippen molar-refractivity contribution in [2.75, 3.05) is 4.90 Å². The SMILES string of the molecule is c1ccc(-c2ccc(-c3ccc(N(c4ccc(-c5ccc6cc(-c7ccc8ccccc8c7)ccc6c5)cc4)c4cc5ccccc5c5c4sc4ccccc45)cc3)cc2)cc1. The molecule has 1 nitrogen and oxygen atoms in total. The van der Waals surface area contributed by atoms with E-state index < -0.39 is 0 Å². The lowest BCUT2D eigenvalue weighted by atomic mass is 9.96. The Morgan fingerprint density at radius 1 is 0.274 bits per heavy atom. The Morgan fingerprint density at radius 3 is 1.29 bits per heavy atom. The first-order valence-corrected chi connectivity index (χ1v) is 22.0. The Hall–Kier alpha value is -7.78. The van der Waals surface area contributed by atoms with Gasteiger partial charge in [-0.3, -0.25) is 0 Å². The predicted octanol–water partition coefficient (Wildman–Crippen LogP) is 17.7. The summed E-state index contributed by atoms with van der Waals surface area (Å²) in [7, 11) is 0. The minimum Gasteiger partial charge on any atom is -0.309 e. The van der Waals surface area contributed by atoms with Crippen LogP contribution in [0.5, 0.6) is 0 Å². The molecule has 12 aromatic rings. The standard InChI is InChI=1S/C60H39NS/c1-2-10-40(11-3-1)42-18-20-43(21-19-42)44-28-32-53(33-29-44)61(57-39-52-14-6-7-15-55(52)59-56-16-8-9-17-58(56)62-60(57)59)54-34-30-45(31-35-54)47-24-25-50-38-51(27-26-49(50)37-47)48-23-22-41-12-4-5-13-46(41)36-48/h1-39H. The third kappa shape index (κ3) is 6.41. The van der Waals surface area contributed by atoms with Crippen molar-refractivity contribution in [2.24, 2.45) is 0 Å². The van der Waals surface area contributed by atoms with Crippen LogP contribution in [0.4, 0.5) is 17.1 Å². The Balaban J connectivity index is 0.935. The maximum atomic E-state index is 2.45. The molecule has 0 atom stereocenters. The summed E-state index contributed by atoms with van der Waals surface area (Å²) in [6.45, 7) is 0. The van der Waals surface area contributed by atoms with Crippen LogP contribution in [-0.2, 0) is 0 Å². The van der Waals surface area contributed by atoms with Crippen molar-refractivity contribution in [1.82, 2.24) is 0 Å². The van der Waals surface area contributed by atoms with E-state index in [4.69, 9.17) is 0 Å². The predicted molar refractivity (Wildman–Crippen MR) is 268 cm³/mol. The highest BCUT2D eigenvalue weighted by atomic mass is 32.1. The van der Waals surface area contributed by atoms with Crippen molar-refractivity contribution in [3.8, 4) is 44.5 Å². The van der Waals surface area contributed by atoms with E-state index in [9.17, 15) is 0 Å². The van der Waals surface area contributed by atoms with Crippen molar-refractivity contribution in [2.45, 2.75) is 0 Å². The second-order valence-corrected chi connectivity index (χ2v) is 17.2. The molecule has 2 heteroatoms. The lowest BCUT2D eigenvalue weighted by Crippen LogP contribution is -2.10. The molecular weight excluding hydrogens is 767 g/mol. The molecule has 0 aliphatic carbocycles. The molecule has 290 valence electrons. The zero-order valence-electron chi connectivity index (χ0n) is 33.9. The molecule has 0 unspecified atom stereocenters. The molecule has 0 aliphatic heterocycles. The first-order valence-electron chi connectivity index (χ1n) is 21.2. The van der Waals surface area contributed by atoms with Gasteiger partial charge in [0.15, 0.2) is 0 Å². The Morgan fingerprint density at radius 2 is 0.677 bits per heavy atom. The number of thiophene rings is 1. The monoisotopic (exact) mass is 805 g/mol. The highest BCUT2D eigenvalue weighted by Gasteiger charge is 2.21. The summed E-state index contributed by atoms with van der Waals surface area (Å²) >= 11 is 1.88. The average molecular weight is 806 g/mol. The van der Waals surface area contributed by atoms with Crippen LogP contribution >= 0.6 is 11.3 Å². The molecule has 0 saturated carbocycles. The summed E-state index contributed by atoms with van der Waals surface area (Å²) in [5.41, 5.74) is 13.1. The van der Waals surface area contributed by atoms with Crippen LogP contribution in [0.25, 0.3) is 97.0 Å². The molecule has 0 aliphatic rings. The summed E-state index contributed by atoms with van der Waals surface area (Å²) in [5.74, 6) is 0. The molecule has 62 heavy (non-hydrogen) atoms. The number of fused-ring (bicyclic) bond motifs is 7. The largest absolute Gasteiger partial charge is 0.309 e. The van der Waals surface area contributed by atoms with Crippen molar-refractivity contribution in [3.05, 3.63) is 237 Å². The molecule has 1 aromatic heterocycles. The van der Waals surface area contributed by atoms with Gasteiger partial charge < -0.3 is 4.90 Å². The molecule has 11 aromatic carbocycles. The molecule has 12 rings (SSSR count). The summed E-state index contributed by atoms with van der Waals surface area (Å²) in [4.78, 5) is 2.45. The van der Waals surface area contributed by atoms with Crippen molar-refractivity contribution < 1.29 is 0 Å². The third-order valence-corrected chi connectivity index (χ3v) is 13.6. The molecule has 0 bridgehead atoms. The summed E-state index contributed by atoms with van der Waals surface area (Å²) < 4.78 is 2.58. The lowest BCUT2D eigenvalue weighted by molar-refractivity contribution is 1.30. The second-order valence-electron chi connectivity index (χ2n) is 16.1. The molecule has 0 radical (unpaired) electrons. The zero-order chi connectivity index (χ0) is 41.0. The summed E-state index contributed by atoms with van der Waals surface area (Å²) in [6, 6.07) is 86.7. The Labute approximate surface area is 365 Å². The summed E-state index contributed by atoms with van der Waals surface area (Å²) in [6.07, 6.45) is 0. The highest BCUT2D eigenvalue weighted by molar-refractivity contribution is 7.26. The molecule has 1 heterocycles. The highest BCUT2D eigenvalue weighted by Crippen LogP contribution is 2.48. The van der Waals surface area contributed by atoms with E-state index in [1.54, 1.807) is 0 Å².